The van der Waals surface area contributed by atoms with E-state index in [1.807, 2.05) is 41.9 Å². The van der Waals surface area contributed by atoms with Crippen molar-refractivity contribution in [1.82, 2.24) is 9.55 Å². The highest BCUT2D eigenvalue weighted by Crippen LogP contribution is 2.36. The van der Waals surface area contributed by atoms with Gasteiger partial charge in [-0.3, -0.25) is 0 Å². The van der Waals surface area contributed by atoms with E-state index in [-0.39, 0.29) is 12.5 Å². The van der Waals surface area contributed by atoms with E-state index in [2.05, 4.69) is 10.3 Å². The molecule has 3 aromatic rings. The van der Waals surface area contributed by atoms with Crippen LogP contribution in [0.5, 0.6) is 23.0 Å². The molecule has 1 aliphatic heterocycles. The summed E-state index contributed by atoms with van der Waals surface area (Å²) in [5.74, 6) is 2.76. The average molecular weight is 353 g/mol. The molecule has 0 saturated heterocycles. The minimum absolute atomic E-state index is 0.132. The number of hydrogen-bond acceptors (Lipinski definition) is 6. The van der Waals surface area contributed by atoms with Crippen LogP contribution >= 0.6 is 0 Å². The second-order valence-corrected chi connectivity index (χ2v) is 5.92. The topological polar surface area (TPSA) is 77.8 Å². The quantitative estimate of drug-likeness (QED) is 0.734. The predicted octanol–water partition coefficient (Wildman–Crippen LogP) is 3.14. The molecular weight excluding hydrogens is 334 g/mol. The van der Waals surface area contributed by atoms with Crippen LogP contribution in [0.25, 0.3) is 11.3 Å². The number of imidazole rings is 1. The molecule has 134 valence electrons. The summed E-state index contributed by atoms with van der Waals surface area (Å²) >= 11 is 0. The fraction of sp³-hybridized carbons (Fsp3) is 0.211. The van der Waals surface area contributed by atoms with E-state index >= 15 is 0 Å². The van der Waals surface area contributed by atoms with Crippen molar-refractivity contribution in [3.63, 3.8) is 0 Å². The summed E-state index contributed by atoms with van der Waals surface area (Å²) < 4.78 is 17.9. The summed E-state index contributed by atoms with van der Waals surface area (Å²) in [4.78, 5) is 4.44. The Kier molecular flexibility index (Phi) is 4.04. The molecule has 2 N–H and O–H groups in total. The Balaban J connectivity index is 1.55. The predicted molar refractivity (Wildman–Crippen MR) is 96.8 cm³/mol. The molecule has 1 aromatic heterocycles. The Morgan fingerprint density at radius 3 is 2.92 bits per heavy atom. The number of fused-ring (bicyclic) bond motifs is 1. The number of hydrogen-bond donors (Lipinski definition) is 2. The normalized spacial score (nSPS) is 12.2. The maximum atomic E-state index is 10.2. The molecule has 4 rings (SSSR count). The maximum absolute atomic E-state index is 10.2. The number of aromatic hydroxyl groups is 1. The molecule has 0 atom stereocenters. The van der Waals surface area contributed by atoms with E-state index in [0.29, 0.717) is 18.2 Å². The number of aromatic nitrogens is 2. The van der Waals surface area contributed by atoms with E-state index < -0.39 is 0 Å². The van der Waals surface area contributed by atoms with E-state index in [1.165, 1.54) is 7.11 Å². The van der Waals surface area contributed by atoms with Crippen LogP contribution in [-0.2, 0) is 13.6 Å². The number of methoxy groups -OCH3 is 1. The Bertz CT molecular complexity index is 952. The zero-order valence-corrected chi connectivity index (χ0v) is 14.5. The van der Waals surface area contributed by atoms with E-state index in [9.17, 15) is 5.11 Å². The first-order valence-electron chi connectivity index (χ1n) is 8.18. The van der Waals surface area contributed by atoms with Gasteiger partial charge in [-0.1, -0.05) is 12.1 Å². The number of anilines is 1. The SMILES string of the molecule is COc1cccc(CNc2ncc(-c3ccc4c(c3)OCO4)n2C)c1O. The van der Waals surface area contributed by atoms with Crippen LogP contribution in [-0.4, -0.2) is 28.6 Å². The van der Waals surface area contributed by atoms with Gasteiger partial charge in [0.2, 0.25) is 12.7 Å². The summed E-state index contributed by atoms with van der Waals surface area (Å²) in [6.07, 6.45) is 1.80. The molecule has 0 radical (unpaired) electrons. The van der Waals surface area contributed by atoms with Gasteiger partial charge in [0.15, 0.2) is 23.0 Å². The van der Waals surface area contributed by atoms with Gasteiger partial charge in [-0.25, -0.2) is 4.98 Å². The lowest BCUT2D eigenvalue weighted by atomic mass is 10.1. The summed E-state index contributed by atoms with van der Waals surface area (Å²) in [6, 6.07) is 11.2. The van der Waals surface area contributed by atoms with Crippen LogP contribution in [0.4, 0.5) is 5.95 Å². The van der Waals surface area contributed by atoms with Crippen LogP contribution in [0.2, 0.25) is 0 Å². The Labute approximate surface area is 150 Å². The molecule has 2 heterocycles. The average Bonchev–Trinajstić information content (AvgIpc) is 3.26. The smallest absolute Gasteiger partial charge is 0.231 e. The largest absolute Gasteiger partial charge is 0.504 e. The first kappa shape index (κ1) is 16.1. The Morgan fingerprint density at radius 2 is 2.08 bits per heavy atom. The summed E-state index contributed by atoms with van der Waals surface area (Å²) in [6.45, 7) is 0.676. The maximum Gasteiger partial charge on any atom is 0.231 e. The molecule has 0 fully saturated rings. The monoisotopic (exact) mass is 353 g/mol. The summed E-state index contributed by atoms with van der Waals surface area (Å²) in [7, 11) is 3.46. The lowest BCUT2D eigenvalue weighted by molar-refractivity contribution is 0.174. The number of phenols is 1. The van der Waals surface area contributed by atoms with Gasteiger partial charge in [0.05, 0.1) is 19.0 Å². The zero-order chi connectivity index (χ0) is 18.1. The van der Waals surface area contributed by atoms with Gasteiger partial charge in [0, 0.05) is 24.7 Å². The highest BCUT2D eigenvalue weighted by molar-refractivity contribution is 5.66. The summed E-state index contributed by atoms with van der Waals surface area (Å²) in [5.41, 5.74) is 2.67. The van der Waals surface area contributed by atoms with E-state index in [4.69, 9.17) is 14.2 Å². The number of phenolic OH excluding ortho intramolecular Hbond substituents is 1. The molecule has 0 bridgehead atoms. The molecule has 26 heavy (non-hydrogen) atoms. The fourth-order valence-corrected chi connectivity index (χ4v) is 2.95. The number of benzene rings is 2. The third kappa shape index (κ3) is 2.77. The van der Waals surface area contributed by atoms with Crippen LogP contribution in [0, 0.1) is 0 Å². The molecule has 0 aliphatic carbocycles. The Hall–Kier alpha value is -3.35. The molecule has 2 aromatic carbocycles. The van der Waals surface area contributed by atoms with Crippen molar-refractivity contribution < 1.29 is 19.3 Å². The number of rotatable bonds is 5. The van der Waals surface area contributed by atoms with Crippen LogP contribution in [0.3, 0.4) is 0 Å². The molecule has 0 spiro atoms. The van der Waals surface area contributed by atoms with Crippen molar-refractivity contribution >= 4 is 5.95 Å². The molecule has 0 saturated carbocycles. The van der Waals surface area contributed by atoms with Gasteiger partial charge in [-0.2, -0.15) is 0 Å². The minimum atomic E-state index is 0.132. The lowest BCUT2D eigenvalue weighted by Gasteiger charge is -2.11. The lowest BCUT2D eigenvalue weighted by Crippen LogP contribution is -2.06. The summed E-state index contributed by atoms with van der Waals surface area (Å²) in [5, 5.41) is 13.4. The van der Waals surface area contributed by atoms with Crippen molar-refractivity contribution in [2.45, 2.75) is 6.54 Å². The van der Waals surface area contributed by atoms with Crippen molar-refractivity contribution in [3.8, 4) is 34.3 Å². The van der Waals surface area contributed by atoms with Gasteiger partial charge in [0.25, 0.3) is 0 Å². The van der Waals surface area contributed by atoms with Crippen LogP contribution < -0.4 is 19.5 Å². The van der Waals surface area contributed by atoms with E-state index in [0.717, 1.165) is 28.3 Å². The van der Waals surface area contributed by atoms with Crippen molar-refractivity contribution in [2.75, 3.05) is 19.2 Å². The number of para-hydroxylation sites is 1. The molecule has 7 heteroatoms. The molecule has 0 unspecified atom stereocenters. The third-order valence-corrected chi connectivity index (χ3v) is 4.40. The van der Waals surface area contributed by atoms with Crippen molar-refractivity contribution in [1.29, 1.82) is 0 Å². The van der Waals surface area contributed by atoms with Gasteiger partial charge < -0.3 is 29.2 Å². The number of ether oxygens (including phenoxy) is 3. The molecular formula is C19H19N3O4. The molecule has 1 aliphatic rings. The first-order chi connectivity index (χ1) is 12.7. The Morgan fingerprint density at radius 1 is 1.23 bits per heavy atom. The fourth-order valence-electron chi connectivity index (χ4n) is 2.95. The van der Waals surface area contributed by atoms with Gasteiger partial charge in [-0.15, -0.1) is 0 Å². The van der Waals surface area contributed by atoms with Crippen LogP contribution in [0.15, 0.2) is 42.6 Å². The van der Waals surface area contributed by atoms with Gasteiger partial charge in [-0.05, 0) is 24.3 Å². The van der Waals surface area contributed by atoms with Gasteiger partial charge in [0.1, 0.15) is 0 Å². The number of nitrogens with one attached hydrogen (secondary N) is 1. The molecule has 0 amide bonds. The van der Waals surface area contributed by atoms with Crippen molar-refractivity contribution in [2.24, 2.45) is 7.05 Å². The van der Waals surface area contributed by atoms with E-state index in [1.54, 1.807) is 12.3 Å². The second kappa shape index (κ2) is 6.51. The second-order valence-electron chi connectivity index (χ2n) is 5.92. The first-order valence-corrected chi connectivity index (χ1v) is 8.18. The highest BCUT2D eigenvalue weighted by atomic mass is 16.7. The number of nitrogens with zero attached hydrogens (tertiary/aromatic N) is 2. The highest BCUT2D eigenvalue weighted by Gasteiger charge is 2.16. The molecule has 7 nitrogen and oxygen atoms in total. The standard InChI is InChI=1S/C19H19N3O4/c1-22-14(12-6-7-15-17(8-12)26-11-25-15)10-21-19(22)20-9-13-4-3-5-16(24-2)18(13)23/h3-8,10,23H,9,11H2,1-2H3,(H,20,21). The third-order valence-electron chi connectivity index (χ3n) is 4.40. The van der Waals surface area contributed by atoms with Gasteiger partial charge >= 0.3 is 0 Å². The van der Waals surface area contributed by atoms with Crippen molar-refractivity contribution in [3.05, 3.63) is 48.2 Å². The van der Waals surface area contributed by atoms with Crippen LogP contribution in [0.1, 0.15) is 5.56 Å². The minimum Gasteiger partial charge on any atom is -0.504 e. The zero-order valence-electron chi connectivity index (χ0n) is 14.5.